The zero-order valence-corrected chi connectivity index (χ0v) is 13.7. The number of rotatable bonds is 7. The first-order valence-corrected chi connectivity index (χ1v) is 8.04. The Morgan fingerprint density at radius 3 is 2.62 bits per heavy atom. The van der Waals surface area contributed by atoms with Crippen molar-refractivity contribution in [3.05, 3.63) is 18.2 Å². The molecule has 0 radical (unpaired) electrons. The van der Waals surface area contributed by atoms with E-state index in [1.54, 1.807) is 0 Å². The monoisotopic (exact) mass is 292 g/mol. The summed E-state index contributed by atoms with van der Waals surface area (Å²) >= 11 is 0. The van der Waals surface area contributed by atoms with Gasteiger partial charge in [0, 0.05) is 31.2 Å². The number of nitrogens with one attached hydrogen (secondary N) is 1. The number of hydrogen-bond acceptors (Lipinski definition) is 4. The fraction of sp³-hybridized carbons (Fsp3) is 0.647. The van der Waals surface area contributed by atoms with E-state index < -0.39 is 0 Å². The van der Waals surface area contributed by atoms with Gasteiger partial charge in [0.15, 0.2) is 0 Å². The van der Waals surface area contributed by atoms with Crippen LogP contribution in [0.3, 0.4) is 0 Å². The first-order chi connectivity index (χ1) is 10.1. The fourth-order valence-corrected chi connectivity index (χ4v) is 2.75. The fourth-order valence-electron chi connectivity index (χ4n) is 2.75. The van der Waals surface area contributed by atoms with Gasteiger partial charge in [0.1, 0.15) is 11.5 Å². The Labute approximate surface area is 128 Å². The number of likely N-dealkylation sites (tertiary alicyclic amines) is 1. The summed E-state index contributed by atoms with van der Waals surface area (Å²) in [5, 5.41) is 3.63. The molecule has 0 bridgehead atoms. The molecule has 1 fully saturated rings. The van der Waals surface area contributed by atoms with E-state index in [1.165, 1.54) is 6.42 Å². The third-order valence-corrected chi connectivity index (χ3v) is 3.87. The van der Waals surface area contributed by atoms with Crippen LogP contribution in [0.1, 0.15) is 34.1 Å². The van der Waals surface area contributed by atoms with Gasteiger partial charge >= 0.3 is 0 Å². The number of hydrogen-bond donors (Lipinski definition) is 1. The van der Waals surface area contributed by atoms with Gasteiger partial charge in [0.2, 0.25) is 0 Å². The van der Waals surface area contributed by atoms with E-state index in [0.29, 0.717) is 25.3 Å². The van der Waals surface area contributed by atoms with Gasteiger partial charge < -0.3 is 14.8 Å². The molecule has 4 nitrogen and oxygen atoms in total. The summed E-state index contributed by atoms with van der Waals surface area (Å²) in [6.07, 6.45) is 1.17. The highest BCUT2D eigenvalue weighted by molar-refractivity contribution is 5.60. The first-order valence-electron chi connectivity index (χ1n) is 8.04. The third kappa shape index (κ3) is 4.27. The van der Waals surface area contributed by atoms with Gasteiger partial charge in [-0.15, -0.1) is 0 Å². The van der Waals surface area contributed by atoms with Crippen LogP contribution in [-0.2, 0) is 0 Å². The number of nitrogens with zero attached hydrogens (tertiary/aromatic N) is 1. The highest BCUT2D eigenvalue weighted by Gasteiger charge is 2.24. The molecule has 0 aromatic heterocycles. The molecule has 2 rings (SSSR count). The van der Waals surface area contributed by atoms with E-state index in [9.17, 15) is 0 Å². The van der Waals surface area contributed by atoms with Gasteiger partial charge in [-0.1, -0.05) is 0 Å². The molecule has 1 aliphatic heterocycles. The van der Waals surface area contributed by atoms with Gasteiger partial charge in [-0.3, -0.25) is 4.90 Å². The predicted molar refractivity (Wildman–Crippen MR) is 87.5 cm³/mol. The lowest BCUT2D eigenvalue weighted by Gasteiger charge is -2.22. The molecular weight excluding hydrogens is 264 g/mol. The molecule has 118 valence electrons. The standard InChI is InChI=1S/C17H28N2O2/c1-5-20-15-7-8-17(21-6-2)16(11-15)18-14-9-10-19(12-14)13(3)4/h7-8,11,13-14,18H,5-6,9-10,12H2,1-4H3. The maximum Gasteiger partial charge on any atom is 0.142 e. The molecule has 21 heavy (non-hydrogen) atoms. The summed E-state index contributed by atoms with van der Waals surface area (Å²) in [4.78, 5) is 2.50. The summed E-state index contributed by atoms with van der Waals surface area (Å²) in [6.45, 7) is 12.1. The minimum Gasteiger partial charge on any atom is -0.494 e. The maximum absolute atomic E-state index is 5.72. The van der Waals surface area contributed by atoms with E-state index in [1.807, 2.05) is 32.0 Å². The normalized spacial score (nSPS) is 19.0. The average molecular weight is 292 g/mol. The van der Waals surface area contributed by atoms with E-state index in [-0.39, 0.29) is 0 Å². The van der Waals surface area contributed by atoms with Crippen molar-refractivity contribution in [2.45, 2.75) is 46.2 Å². The van der Waals surface area contributed by atoms with Crippen molar-refractivity contribution in [3.63, 3.8) is 0 Å². The third-order valence-electron chi connectivity index (χ3n) is 3.87. The minimum absolute atomic E-state index is 0.475. The molecular formula is C17H28N2O2. The summed E-state index contributed by atoms with van der Waals surface area (Å²) < 4.78 is 11.3. The van der Waals surface area contributed by atoms with Crippen LogP contribution in [0, 0.1) is 0 Å². The maximum atomic E-state index is 5.72. The second-order valence-corrected chi connectivity index (χ2v) is 5.74. The highest BCUT2D eigenvalue weighted by Crippen LogP contribution is 2.31. The largest absolute Gasteiger partial charge is 0.494 e. The van der Waals surface area contributed by atoms with Gasteiger partial charge in [0.05, 0.1) is 18.9 Å². The van der Waals surface area contributed by atoms with E-state index in [4.69, 9.17) is 9.47 Å². The van der Waals surface area contributed by atoms with Gasteiger partial charge in [0.25, 0.3) is 0 Å². The SMILES string of the molecule is CCOc1ccc(OCC)c(NC2CCN(C(C)C)C2)c1. The lowest BCUT2D eigenvalue weighted by Crippen LogP contribution is -2.31. The molecule has 0 amide bonds. The molecule has 1 heterocycles. The van der Waals surface area contributed by atoms with Crippen LogP contribution in [0.2, 0.25) is 0 Å². The Bertz CT molecular complexity index is 448. The molecule has 0 saturated carbocycles. The molecule has 0 aliphatic carbocycles. The highest BCUT2D eigenvalue weighted by atomic mass is 16.5. The number of benzene rings is 1. The Hall–Kier alpha value is -1.42. The second-order valence-electron chi connectivity index (χ2n) is 5.74. The molecule has 4 heteroatoms. The Balaban J connectivity index is 2.08. The summed E-state index contributed by atoms with van der Waals surface area (Å²) in [6, 6.07) is 7.09. The first kappa shape index (κ1) is 16.0. The molecule has 1 unspecified atom stereocenters. The topological polar surface area (TPSA) is 33.7 Å². The lowest BCUT2D eigenvalue weighted by atomic mass is 10.2. The van der Waals surface area contributed by atoms with E-state index >= 15 is 0 Å². The van der Waals surface area contributed by atoms with Gasteiger partial charge in [-0.05, 0) is 46.2 Å². The van der Waals surface area contributed by atoms with Crippen molar-refractivity contribution >= 4 is 5.69 Å². The molecule has 1 N–H and O–H groups in total. The quantitative estimate of drug-likeness (QED) is 0.835. The average Bonchev–Trinajstić information content (AvgIpc) is 2.91. The van der Waals surface area contributed by atoms with Crippen LogP contribution in [0.25, 0.3) is 0 Å². The van der Waals surface area contributed by atoms with Crippen LogP contribution in [0.15, 0.2) is 18.2 Å². The molecule has 1 atom stereocenters. The Morgan fingerprint density at radius 1 is 1.24 bits per heavy atom. The Kier molecular flexibility index (Phi) is 5.74. The predicted octanol–water partition coefficient (Wildman–Crippen LogP) is 3.38. The Morgan fingerprint density at radius 2 is 2.00 bits per heavy atom. The van der Waals surface area contributed by atoms with Crippen molar-refractivity contribution < 1.29 is 9.47 Å². The summed E-state index contributed by atoms with van der Waals surface area (Å²) in [7, 11) is 0. The van der Waals surface area contributed by atoms with Crippen LogP contribution in [0.5, 0.6) is 11.5 Å². The van der Waals surface area contributed by atoms with Crippen molar-refractivity contribution in [3.8, 4) is 11.5 Å². The van der Waals surface area contributed by atoms with Crippen molar-refractivity contribution in [2.75, 3.05) is 31.6 Å². The minimum atomic E-state index is 0.475. The zero-order chi connectivity index (χ0) is 15.2. The second kappa shape index (κ2) is 7.55. The number of ether oxygens (including phenoxy) is 2. The molecule has 1 aliphatic rings. The molecule has 1 aromatic rings. The van der Waals surface area contributed by atoms with Crippen molar-refractivity contribution in [1.82, 2.24) is 4.90 Å². The van der Waals surface area contributed by atoms with Crippen LogP contribution in [0.4, 0.5) is 5.69 Å². The van der Waals surface area contributed by atoms with Crippen LogP contribution in [-0.4, -0.2) is 43.3 Å². The van der Waals surface area contributed by atoms with Crippen molar-refractivity contribution in [1.29, 1.82) is 0 Å². The van der Waals surface area contributed by atoms with Gasteiger partial charge in [-0.2, -0.15) is 0 Å². The van der Waals surface area contributed by atoms with E-state index in [0.717, 1.165) is 30.3 Å². The van der Waals surface area contributed by atoms with Crippen molar-refractivity contribution in [2.24, 2.45) is 0 Å². The zero-order valence-electron chi connectivity index (χ0n) is 13.7. The molecule has 1 aromatic carbocycles. The van der Waals surface area contributed by atoms with Crippen LogP contribution < -0.4 is 14.8 Å². The molecule has 1 saturated heterocycles. The van der Waals surface area contributed by atoms with Gasteiger partial charge in [-0.25, -0.2) is 0 Å². The van der Waals surface area contributed by atoms with E-state index in [2.05, 4.69) is 24.1 Å². The molecule has 0 spiro atoms. The summed E-state index contributed by atoms with van der Waals surface area (Å²) in [5.74, 6) is 1.80. The summed E-state index contributed by atoms with van der Waals surface area (Å²) in [5.41, 5.74) is 1.04. The smallest absolute Gasteiger partial charge is 0.142 e. The number of anilines is 1. The van der Waals surface area contributed by atoms with Crippen LogP contribution >= 0.6 is 0 Å². The lowest BCUT2D eigenvalue weighted by molar-refractivity contribution is 0.274.